The fraction of sp³-hybridized carbons (Fsp3) is 0.462. The summed E-state index contributed by atoms with van der Waals surface area (Å²) in [5.41, 5.74) is 5.70. The van der Waals surface area contributed by atoms with E-state index >= 15 is 0 Å². The van der Waals surface area contributed by atoms with Crippen molar-refractivity contribution in [1.29, 1.82) is 0 Å². The molecule has 4 nitrogen and oxygen atoms in total. The SMILES string of the molecule is COCC(C)(C)n1c(C(F)(F)F)nc2cc(N)ccc21. The van der Waals surface area contributed by atoms with Crippen molar-refractivity contribution in [2.24, 2.45) is 0 Å². The first-order chi connectivity index (χ1) is 9.16. The summed E-state index contributed by atoms with van der Waals surface area (Å²) in [4.78, 5) is 3.70. The lowest BCUT2D eigenvalue weighted by Gasteiger charge is -2.29. The van der Waals surface area contributed by atoms with Crippen molar-refractivity contribution >= 4 is 16.7 Å². The molecule has 7 heteroatoms. The molecule has 0 radical (unpaired) electrons. The van der Waals surface area contributed by atoms with E-state index < -0.39 is 17.5 Å². The van der Waals surface area contributed by atoms with Gasteiger partial charge < -0.3 is 15.0 Å². The Labute approximate surface area is 114 Å². The lowest BCUT2D eigenvalue weighted by atomic mass is 10.1. The highest BCUT2D eigenvalue weighted by atomic mass is 19.4. The second kappa shape index (κ2) is 4.66. The number of methoxy groups -OCH3 is 1. The van der Waals surface area contributed by atoms with Gasteiger partial charge >= 0.3 is 6.18 Å². The first-order valence-electron chi connectivity index (χ1n) is 6.01. The van der Waals surface area contributed by atoms with E-state index in [-0.39, 0.29) is 12.1 Å². The van der Waals surface area contributed by atoms with E-state index in [1.165, 1.54) is 13.2 Å². The van der Waals surface area contributed by atoms with Gasteiger partial charge in [-0.3, -0.25) is 0 Å². The van der Waals surface area contributed by atoms with Gasteiger partial charge in [0.05, 0.1) is 23.2 Å². The summed E-state index contributed by atoms with van der Waals surface area (Å²) in [7, 11) is 1.45. The largest absolute Gasteiger partial charge is 0.449 e. The van der Waals surface area contributed by atoms with Crippen LogP contribution in [0.15, 0.2) is 18.2 Å². The van der Waals surface area contributed by atoms with Crippen molar-refractivity contribution in [3.63, 3.8) is 0 Å². The number of aromatic nitrogens is 2. The molecule has 0 aliphatic heterocycles. The molecular weight excluding hydrogens is 271 g/mol. The Hall–Kier alpha value is -1.76. The summed E-state index contributed by atoms with van der Waals surface area (Å²) in [5, 5.41) is 0. The van der Waals surface area contributed by atoms with Crippen LogP contribution < -0.4 is 5.73 Å². The van der Waals surface area contributed by atoms with Gasteiger partial charge in [-0.25, -0.2) is 4.98 Å². The Morgan fingerprint density at radius 3 is 2.50 bits per heavy atom. The highest BCUT2D eigenvalue weighted by Gasteiger charge is 2.41. The highest BCUT2D eigenvalue weighted by Crippen LogP contribution is 2.36. The number of nitrogen functional groups attached to an aromatic ring is 1. The van der Waals surface area contributed by atoms with Gasteiger partial charge in [-0.1, -0.05) is 0 Å². The van der Waals surface area contributed by atoms with Gasteiger partial charge in [0, 0.05) is 12.8 Å². The predicted octanol–water partition coefficient (Wildman–Crippen LogP) is 3.02. The molecule has 110 valence electrons. The van der Waals surface area contributed by atoms with E-state index in [0.717, 1.165) is 4.57 Å². The Kier molecular flexibility index (Phi) is 3.41. The number of ether oxygens (including phenoxy) is 1. The van der Waals surface area contributed by atoms with Gasteiger partial charge in [-0.2, -0.15) is 13.2 Å². The molecule has 1 aromatic carbocycles. The molecular formula is C13H16F3N3O. The smallest absolute Gasteiger partial charge is 0.399 e. The van der Waals surface area contributed by atoms with Crippen LogP contribution in [-0.2, 0) is 16.5 Å². The van der Waals surface area contributed by atoms with Crippen molar-refractivity contribution in [1.82, 2.24) is 9.55 Å². The third-order valence-corrected chi connectivity index (χ3v) is 3.03. The molecule has 0 saturated heterocycles. The molecule has 0 amide bonds. The molecule has 0 unspecified atom stereocenters. The van der Waals surface area contributed by atoms with E-state index in [9.17, 15) is 13.2 Å². The van der Waals surface area contributed by atoms with Gasteiger partial charge in [-0.15, -0.1) is 0 Å². The lowest BCUT2D eigenvalue weighted by molar-refractivity contribution is -0.149. The molecule has 2 rings (SSSR count). The third kappa shape index (κ3) is 2.45. The van der Waals surface area contributed by atoms with Crippen LogP contribution in [0.4, 0.5) is 18.9 Å². The number of nitrogens with two attached hydrogens (primary N) is 1. The molecule has 0 aliphatic carbocycles. The average molecular weight is 287 g/mol. The van der Waals surface area contributed by atoms with Crippen molar-refractivity contribution in [3.8, 4) is 0 Å². The predicted molar refractivity (Wildman–Crippen MR) is 70.3 cm³/mol. The van der Waals surface area contributed by atoms with Crippen LogP contribution in [0, 0.1) is 0 Å². The van der Waals surface area contributed by atoms with Crippen LogP contribution in [0.5, 0.6) is 0 Å². The third-order valence-electron chi connectivity index (χ3n) is 3.03. The second-order valence-electron chi connectivity index (χ2n) is 5.26. The van der Waals surface area contributed by atoms with Crippen molar-refractivity contribution in [2.75, 3.05) is 19.5 Å². The molecule has 2 N–H and O–H groups in total. The summed E-state index contributed by atoms with van der Waals surface area (Å²) in [6.45, 7) is 3.47. The molecule has 0 atom stereocenters. The Morgan fingerprint density at radius 2 is 1.95 bits per heavy atom. The molecule has 0 fully saturated rings. The van der Waals surface area contributed by atoms with Crippen LogP contribution >= 0.6 is 0 Å². The minimum absolute atomic E-state index is 0.131. The highest BCUT2D eigenvalue weighted by molar-refractivity contribution is 5.80. The average Bonchev–Trinajstić information content (AvgIpc) is 2.67. The Morgan fingerprint density at radius 1 is 1.30 bits per heavy atom. The van der Waals surface area contributed by atoms with Gasteiger partial charge in [0.2, 0.25) is 5.82 Å². The second-order valence-corrected chi connectivity index (χ2v) is 5.26. The molecule has 0 saturated carbocycles. The first kappa shape index (κ1) is 14.6. The number of halogens is 3. The van der Waals surface area contributed by atoms with E-state index in [0.29, 0.717) is 11.2 Å². The van der Waals surface area contributed by atoms with Gasteiger partial charge in [-0.05, 0) is 32.0 Å². The van der Waals surface area contributed by atoms with Crippen LogP contribution in [-0.4, -0.2) is 23.3 Å². The van der Waals surface area contributed by atoms with Gasteiger partial charge in [0.1, 0.15) is 0 Å². The van der Waals surface area contributed by atoms with E-state index in [4.69, 9.17) is 10.5 Å². The topological polar surface area (TPSA) is 53.1 Å². The summed E-state index contributed by atoms with van der Waals surface area (Å²) in [6, 6.07) is 4.54. The standard InChI is InChI=1S/C13H16F3N3O/c1-12(2,7-20-3)19-10-5-4-8(17)6-9(10)18-11(19)13(14,15)16/h4-6H,7,17H2,1-3H3. The minimum Gasteiger partial charge on any atom is -0.399 e. The van der Waals surface area contributed by atoms with Crippen molar-refractivity contribution in [3.05, 3.63) is 24.0 Å². The normalized spacial score (nSPS) is 13.1. The molecule has 2 aromatic rings. The maximum absolute atomic E-state index is 13.2. The number of nitrogens with zero attached hydrogens (tertiary/aromatic N) is 2. The number of imidazole rings is 1. The Bertz CT molecular complexity index is 632. The summed E-state index contributed by atoms with van der Waals surface area (Å²) < 4.78 is 45.8. The van der Waals surface area contributed by atoms with Crippen molar-refractivity contribution in [2.45, 2.75) is 25.6 Å². The zero-order chi connectivity index (χ0) is 15.1. The molecule has 1 heterocycles. The summed E-state index contributed by atoms with van der Waals surface area (Å²) >= 11 is 0. The molecule has 0 aliphatic rings. The number of anilines is 1. The van der Waals surface area contributed by atoms with Crippen LogP contribution in [0.2, 0.25) is 0 Å². The molecule has 1 aromatic heterocycles. The van der Waals surface area contributed by atoms with E-state index in [2.05, 4.69) is 4.98 Å². The van der Waals surface area contributed by atoms with Crippen LogP contribution in [0.3, 0.4) is 0 Å². The first-order valence-corrected chi connectivity index (χ1v) is 6.01. The zero-order valence-corrected chi connectivity index (χ0v) is 11.5. The van der Waals surface area contributed by atoms with Crippen molar-refractivity contribution < 1.29 is 17.9 Å². The fourth-order valence-corrected chi connectivity index (χ4v) is 2.32. The quantitative estimate of drug-likeness (QED) is 0.883. The molecule has 20 heavy (non-hydrogen) atoms. The number of alkyl halides is 3. The van der Waals surface area contributed by atoms with E-state index in [1.54, 1.807) is 26.0 Å². The monoisotopic (exact) mass is 287 g/mol. The minimum atomic E-state index is -4.54. The maximum Gasteiger partial charge on any atom is 0.449 e. The molecule has 0 bridgehead atoms. The van der Waals surface area contributed by atoms with Gasteiger partial charge in [0.15, 0.2) is 0 Å². The van der Waals surface area contributed by atoms with Crippen LogP contribution in [0.1, 0.15) is 19.7 Å². The number of fused-ring (bicyclic) bond motifs is 1. The van der Waals surface area contributed by atoms with Gasteiger partial charge in [0.25, 0.3) is 0 Å². The fourth-order valence-electron chi connectivity index (χ4n) is 2.32. The molecule has 0 spiro atoms. The maximum atomic E-state index is 13.2. The number of hydrogen-bond acceptors (Lipinski definition) is 3. The number of rotatable bonds is 3. The lowest BCUT2D eigenvalue weighted by Crippen LogP contribution is -2.35. The number of benzene rings is 1. The summed E-state index contributed by atoms with van der Waals surface area (Å²) in [6.07, 6.45) is -4.54. The summed E-state index contributed by atoms with van der Waals surface area (Å²) in [5.74, 6) is -0.944. The van der Waals surface area contributed by atoms with E-state index in [1.807, 2.05) is 0 Å². The van der Waals surface area contributed by atoms with Crippen LogP contribution in [0.25, 0.3) is 11.0 Å². The Balaban J connectivity index is 2.78. The number of hydrogen-bond donors (Lipinski definition) is 1. The zero-order valence-electron chi connectivity index (χ0n) is 11.5.